The largest absolute Gasteiger partial charge is 0.479 e. The van der Waals surface area contributed by atoms with Crippen molar-refractivity contribution in [3.05, 3.63) is 53.6 Å². The topological polar surface area (TPSA) is 93.7 Å². The molecule has 2 N–H and O–H groups in total. The molecule has 7 heteroatoms. The summed E-state index contributed by atoms with van der Waals surface area (Å²) in [5.41, 5.74) is 1.58. The molecule has 2 aromatic carbocycles. The molecule has 128 valence electrons. The van der Waals surface area contributed by atoms with Gasteiger partial charge in [0.05, 0.1) is 18.4 Å². The average Bonchev–Trinajstić information content (AvgIpc) is 2.61. The Morgan fingerprint density at radius 3 is 2.72 bits per heavy atom. The Kier molecular flexibility index (Phi) is 4.38. The zero-order valence-corrected chi connectivity index (χ0v) is 13.7. The molecule has 0 aliphatic carbocycles. The van der Waals surface area contributed by atoms with E-state index in [4.69, 9.17) is 4.74 Å². The van der Waals surface area contributed by atoms with Gasteiger partial charge < -0.3 is 20.1 Å². The summed E-state index contributed by atoms with van der Waals surface area (Å²) in [5, 5.41) is 5.40. The number of anilines is 2. The number of methoxy groups -OCH3 is 1. The fourth-order valence-electron chi connectivity index (χ4n) is 2.40. The number of fused-ring (bicyclic) bond motifs is 1. The van der Waals surface area contributed by atoms with Crippen LogP contribution in [0.25, 0.3) is 0 Å². The minimum Gasteiger partial charge on any atom is -0.479 e. The lowest BCUT2D eigenvalue weighted by atomic mass is 10.1. The van der Waals surface area contributed by atoms with E-state index in [0.29, 0.717) is 28.3 Å². The van der Waals surface area contributed by atoms with Gasteiger partial charge in [0.2, 0.25) is 0 Å². The highest BCUT2D eigenvalue weighted by molar-refractivity contribution is 6.07. The van der Waals surface area contributed by atoms with Gasteiger partial charge in [-0.25, -0.2) is 4.79 Å². The highest BCUT2D eigenvalue weighted by atomic mass is 16.5. The highest BCUT2D eigenvalue weighted by Gasteiger charge is 2.24. The van der Waals surface area contributed by atoms with Crippen LogP contribution in [-0.4, -0.2) is 31.0 Å². The predicted molar refractivity (Wildman–Crippen MR) is 90.9 cm³/mol. The smallest absolute Gasteiger partial charge is 0.337 e. The SMILES string of the molecule is COC(=O)c1cccc(NC(=O)c2ccc3c(c2)NC(=O)C(C)O3)c1. The van der Waals surface area contributed by atoms with Crippen molar-refractivity contribution in [1.29, 1.82) is 0 Å². The molecule has 0 saturated carbocycles. The number of rotatable bonds is 3. The van der Waals surface area contributed by atoms with Crippen LogP contribution in [0, 0.1) is 0 Å². The van der Waals surface area contributed by atoms with Crippen molar-refractivity contribution in [3.63, 3.8) is 0 Å². The van der Waals surface area contributed by atoms with Gasteiger partial charge in [-0.3, -0.25) is 9.59 Å². The Morgan fingerprint density at radius 2 is 1.96 bits per heavy atom. The molecular weight excluding hydrogens is 324 g/mol. The molecule has 1 unspecified atom stereocenters. The van der Waals surface area contributed by atoms with E-state index in [1.807, 2.05) is 0 Å². The molecule has 0 radical (unpaired) electrons. The second-order valence-electron chi connectivity index (χ2n) is 5.49. The van der Waals surface area contributed by atoms with E-state index in [1.54, 1.807) is 43.3 Å². The fourth-order valence-corrected chi connectivity index (χ4v) is 2.40. The molecule has 1 aliphatic heterocycles. The van der Waals surface area contributed by atoms with Gasteiger partial charge in [0.1, 0.15) is 5.75 Å². The molecule has 7 nitrogen and oxygen atoms in total. The number of esters is 1. The van der Waals surface area contributed by atoms with E-state index >= 15 is 0 Å². The standard InChI is InChI=1S/C18H16N2O5/c1-10-16(21)20-14-9-11(6-7-15(14)25-10)17(22)19-13-5-3-4-12(8-13)18(23)24-2/h3-10H,1-2H3,(H,19,22)(H,20,21). The Labute approximate surface area is 143 Å². The summed E-state index contributed by atoms with van der Waals surface area (Å²) in [4.78, 5) is 35.6. The molecule has 3 rings (SSSR count). The van der Waals surface area contributed by atoms with Gasteiger partial charge in [0.25, 0.3) is 11.8 Å². The maximum atomic E-state index is 12.4. The fraction of sp³-hybridized carbons (Fsp3) is 0.167. The zero-order valence-electron chi connectivity index (χ0n) is 13.7. The van der Waals surface area contributed by atoms with Gasteiger partial charge in [-0.2, -0.15) is 0 Å². The van der Waals surface area contributed by atoms with E-state index in [2.05, 4.69) is 15.4 Å². The Morgan fingerprint density at radius 1 is 1.16 bits per heavy atom. The number of carbonyl (C=O) groups excluding carboxylic acids is 3. The van der Waals surface area contributed by atoms with E-state index in [9.17, 15) is 14.4 Å². The first-order chi connectivity index (χ1) is 12.0. The molecular formula is C18H16N2O5. The Balaban J connectivity index is 1.79. The first kappa shape index (κ1) is 16.5. The van der Waals surface area contributed by atoms with Gasteiger partial charge in [-0.1, -0.05) is 6.07 Å². The van der Waals surface area contributed by atoms with Crippen LogP contribution in [0.3, 0.4) is 0 Å². The van der Waals surface area contributed by atoms with Crippen molar-refractivity contribution < 1.29 is 23.9 Å². The van der Waals surface area contributed by atoms with Gasteiger partial charge >= 0.3 is 5.97 Å². The van der Waals surface area contributed by atoms with Crippen molar-refractivity contribution in [2.45, 2.75) is 13.0 Å². The van der Waals surface area contributed by atoms with Gasteiger partial charge in [-0.15, -0.1) is 0 Å². The maximum Gasteiger partial charge on any atom is 0.337 e. The minimum absolute atomic E-state index is 0.268. The molecule has 25 heavy (non-hydrogen) atoms. The van der Waals surface area contributed by atoms with Crippen LogP contribution < -0.4 is 15.4 Å². The Bertz CT molecular complexity index is 862. The Hall–Kier alpha value is -3.35. The molecule has 1 atom stereocenters. The van der Waals surface area contributed by atoms with Crippen LogP contribution in [0.2, 0.25) is 0 Å². The number of carbonyl (C=O) groups is 3. The second-order valence-corrected chi connectivity index (χ2v) is 5.49. The lowest BCUT2D eigenvalue weighted by Gasteiger charge is -2.23. The molecule has 1 heterocycles. The number of hydrogen-bond donors (Lipinski definition) is 2. The number of hydrogen-bond acceptors (Lipinski definition) is 5. The average molecular weight is 340 g/mol. The maximum absolute atomic E-state index is 12.4. The summed E-state index contributed by atoms with van der Waals surface area (Å²) in [6.07, 6.45) is -0.576. The number of ether oxygens (including phenoxy) is 2. The summed E-state index contributed by atoms with van der Waals surface area (Å²) in [5.74, 6) is -0.622. The van der Waals surface area contributed by atoms with Gasteiger partial charge in [0.15, 0.2) is 6.10 Å². The van der Waals surface area contributed by atoms with Crippen molar-refractivity contribution in [2.24, 2.45) is 0 Å². The molecule has 0 bridgehead atoms. The molecule has 0 saturated heterocycles. The molecule has 2 aromatic rings. The summed E-state index contributed by atoms with van der Waals surface area (Å²) in [7, 11) is 1.29. The van der Waals surface area contributed by atoms with Crippen LogP contribution in [0.4, 0.5) is 11.4 Å². The van der Waals surface area contributed by atoms with E-state index < -0.39 is 12.1 Å². The van der Waals surface area contributed by atoms with Crippen molar-refractivity contribution in [1.82, 2.24) is 0 Å². The van der Waals surface area contributed by atoms with Crippen molar-refractivity contribution in [3.8, 4) is 5.75 Å². The zero-order chi connectivity index (χ0) is 18.0. The molecule has 0 aromatic heterocycles. The molecule has 0 fully saturated rings. The van der Waals surface area contributed by atoms with Crippen LogP contribution >= 0.6 is 0 Å². The first-order valence-electron chi connectivity index (χ1n) is 7.59. The number of nitrogens with one attached hydrogen (secondary N) is 2. The predicted octanol–water partition coefficient (Wildman–Crippen LogP) is 2.44. The second kappa shape index (κ2) is 6.64. The quantitative estimate of drug-likeness (QED) is 0.837. The third-order valence-corrected chi connectivity index (χ3v) is 3.71. The third-order valence-electron chi connectivity index (χ3n) is 3.71. The van der Waals surface area contributed by atoms with Crippen LogP contribution in [0.5, 0.6) is 5.75 Å². The molecule has 2 amide bonds. The van der Waals surface area contributed by atoms with E-state index in [0.717, 1.165) is 0 Å². The molecule has 1 aliphatic rings. The summed E-state index contributed by atoms with van der Waals surface area (Å²) >= 11 is 0. The van der Waals surface area contributed by atoms with Gasteiger partial charge in [-0.05, 0) is 43.3 Å². The van der Waals surface area contributed by atoms with Crippen LogP contribution in [-0.2, 0) is 9.53 Å². The van der Waals surface area contributed by atoms with E-state index in [1.165, 1.54) is 13.2 Å². The third kappa shape index (κ3) is 3.45. The van der Waals surface area contributed by atoms with Crippen LogP contribution in [0.1, 0.15) is 27.6 Å². The first-order valence-corrected chi connectivity index (χ1v) is 7.59. The summed E-state index contributed by atoms with van der Waals surface area (Å²) < 4.78 is 10.1. The molecule has 0 spiro atoms. The number of amides is 2. The number of benzene rings is 2. The van der Waals surface area contributed by atoms with Crippen molar-refractivity contribution >= 4 is 29.2 Å². The summed E-state index contributed by atoms with van der Waals surface area (Å²) in [6.45, 7) is 1.65. The highest BCUT2D eigenvalue weighted by Crippen LogP contribution is 2.30. The monoisotopic (exact) mass is 340 g/mol. The lowest BCUT2D eigenvalue weighted by molar-refractivity contribution is -0.122. The minimum atomic E-state index is -0.576. The van der Waals surface area contributed by atoms with Crippen LogP contribution in [0.15, 0.2) is 42.5 Å². The normalized spacial score (nSPS) is 15.4. The summed E-state index contributed by atoms with van der Waals surface area (Å²) in [6, 6.07) is 11.2. The van der Waals surface area contributed by atoms with Gasteiger partial charge in [0, 0.05) is 11.3 Å². The van der Waals surface area contributed by atoms with E-state index in [-0.39, 0.29) is 11.8 Å². The lowest BCUT2D eigenvalue weighted by Crippen LogP contribution is -2.34. The van der Waals surface area contributed by atoms with Crippen molar-refractivity contribution in [2.75, 3.05) is 17.7 Å².